The van der Waals surface area contributed by atoms with Crippen molar-refractivity contribution in [3.63, 3.8) is 0 Å². The van der Waals surface area contributed by atoms with Crippen LogP contribution < -0.4 is 5.32 Å². The molecule has 0 aromatic heterocycles. The first-order valence-corrected chi connectivity index (χ1v) is 6.94. The van der Waals surface area contributed by atoms with Gasteiger partial charge in [-0.1, -0.05) is 43.2 Å². The monoisotopic (exact) mass is 287 g/mol. The van der Waals surface area contributed by atoms with E-state index < -0.39 is 18.3 Å². The summed E-state index contributed by atoms with van der Waals surface area (Å²) in [6.07, 6.45) is -1.07. The quantitative estimate of drug-likeness (QED) is 0.891. The van der Waals surface area contributed by atoms with E-state index in [4.69, 9.17) is 0 Å². The van der Waals surface area contributed by atoms with Gasteiger partial charge in [0.2, 0.25) is 0 Å². The molecule has 112 valence electrons. The van der Waals surface area contributed by atoms with Crippen LogP contribution in [-0.2, 0) is 0 Å². The first-order valence-electron chi connectivity index (χ1n) is 6.94. The summed E-state index contributed by atoms with van der Waals surface area (Å²) in [4.78, 5) is 0. The Kier molecular flexibility index (Phi) is 4.70. The summed E-state index contributed by atoms with van der Waals surface area (Å²) in [6.45, 7) is -1.33. The Labute approximate surface area is 117 Å². The lowest BCUT2D eigenvalue weighted by Crippen LogP contribution is -2.57. The predicted octanol–water partition coefficient (Wildman–Crippen LogP) is 3.23. The zero-order valence-corrected chi connectivity index (χ0v) is 11.3. The van der Waals surface area contributed by atoms with Gasteiger partial charge in [-0.15, -0.1) is 0 Å². The molecule has 0 radical (unpaired) electrons. The molecule has 2 rings (SSSR count). The van der Waals surface area contributed by atoms with Crippen molar-refractivity contribution in [2.45, 2.75) is 43.3 Å². The van der Waals surface area contributed by atoms with Gasteiger partial charge in [-0.3, -0.25) is 0 Å². The van der Waals surface area contributed by atoms with Crippen LogP contribution in [0.3, 0.4) is 0 Å². The highest BCUT2D eigenvalue weighted by atomic mass is 19.4. The average molecular weight is 287 g/mol. The van der Waals surface area contributed by atoms with Crippen molar-refractivity contribution in [2.24, 2.45) is 0 Å². The van der Waals surface area contributed by atoms with E-state index in [1.807, 2.05) is 30.3 Å². The van der Waals surface area contributed by atoms with Crippen molar-refractivity contribution in [1.82, 2.24) is 5.32 Å². The van der Waals surface area contributed by atoms with Gasteiger partial charge < -0.3 is 10.4 Å². The maximum atomic E-state index is 12.5. The number of hydrogen-bond donors (Lipinski definition) is 2. The van der Waals surface area contributed by atoms with Crippen LogP contribution >= 0.6 is 0 Å². The molecule has 20 heavy (non-hydrogen) atoms. The molecule has 1 aliphatic carbocycles. The van der Waals surface area contributed by atoms with Gasteiger partial charge in [-0.05, 0) is 18.4 Å². The van der Waals surface area contributed by atoms with Crippen LogP contribution in [0, 0.1) is 0 Å². The third-order valence-corrected chi connectivity index (χ3v) is 4.16. The van der Waals surface area contributed by atoms with E-state index in [1.54, 1.807) is 0 Å². The molecule has 2 nitrogen and oxygen atoms in total. The van der Waals surface area contributed by atoms with E-state index >= 15 is 0 Å². The molecule has 1 aromatic carbocycles. The van der Waals surface area contributed by atoms with Crippen molar-refractivity contribution < 1.29 is 18.3 Å². The van der Waals surface area contributed by atoms with Crippen LogP contribution in [-0.4, -0.2) is 30.0 Å². The third-order valence-electron chi connectivity index (χ3n) is 4.16. The van der Waals surface area contributed by atoms with Gasteiger partial charge in [0.25, 0.3) is 0 Å². The minimum absolute atomic E-state index is 0.0789. The van der Waals surface area contributed by atoms with Gasteiger partial charge in [0.15, 0.2) is 0 Å². The molecule has 2 N–H and O–H groups in total. The Morgan fingerprint density at radius 2 is 1.90 bits per heavy atom. The van der Waals surface area contributed by atoms with Crippen LogP contribution in [0.4, 0.5) is 13.2 Å². The highest BCUT2D eigenvalue weighted by Gasteiger charge is 2.43. The van der Waals surface area contributed by atoms with Crippen molar-refractivity contribution in [3.05, 3.63) is 35.9 Å². The minimum Gasteiger partial charge on any atom is -0.394 e. The van der Waals surface area contributed by atoms with Crippen LogP contribution in [0.1, 0.15) is 37.2 Å². The van der Waals surface area contributed by atoms with Crippen molar-refractivity contribution in [3.8, 4) is 0 Å². The van der Waals surface area contributed by atoms with E-state index in [0.29, 0.717) is 6.42 Å². The van der Waals surface area contributed by atoms with Crippen LogP contribution in [0.2, 0.25) is 0 Å². The lowest BCUT2D eigenvalue weighted by atomic mass is 9.70. The minimum atomic E-state index is -4.26. The SMILES string of the molecule is OCC1(NCC(F)(F)F)CCCCC1c1ccccc1. The molecule has 1 fully saturated rings. The number of rotatable bonds is 4. The van der Waals surface area contributed by atoms with E-state index in [2.05, 4.69) is 5.32 Å². The van der Waals surface area contributed by atoms with Crippen molar-refractivity contribution >= 4 is 0 Å². The molecule has 5 heteroatoms. The van der Waals surface area contributed by atoms with E-state index in [0.717, 1.165) is 24.8 Å². The number of nitrogens with one attached hydrogen (secondary N) is 1. The summed E-state index contributed by atoms with van der Waals surface area (Å²) < 4.78 is 37.5. The van der Waals surface area contributed by atoms with Crippen LogP contribution in [0.5, 0.6) is 0 Å². The first kappa shape index (κ1) is 15.3. The largest absolute Gasteiger partial charge is 0.401 e. The summed E-state index contributed by atoms with van der Waals surface area (Å²) in [5.41, 5.74) is 0.130. The second kappa shape index (κ2) is 6.14. The van der Waals surface area contributed by atoms with Gasteiger partial charge in [0, 0.05) is 11.5 Å². The van der Waals surface area contributed by atoms with Crippen molar-refractivity contribution in [1.29, 1.82) is 0 Å². The lowest BCUT2D eigenvalue weighted by molar-refractivity contribution is -0.131. The molecule has 0 bridgehead atoms. The molecule has 2 atom stereocenters. The Balaban J connectivity index is 2.22. The fourth-order valence-electron chi connectivity index (χ4n) is 3.14. The third kappa shape index (κ3) is 3.52. The van der Waals surface area contributed by atoms with Crippen molar-refractivity contribution in [2.75, 3.05) is 13.2 Å². The highest BCUT2D eigenvalue weighted by Crippen LogP contribution is 2.41. The maximum Gasteiger partial charge on any atom is 0.401 e. The predicted molar refractivity (Wildman–Crippen MR) is 71.5 cm³/mol. The van der Waals surface area contributed by atoms with Gasteiger partial charge in [-0.2, -0.15) is 13.2 Å². The fourth-order valence-corrected chi connectivity index (χ4v) is 3.14. The fraction of sp³-hybridized carbons (Fsp3) is 0.600. The zero-order chi connectivity index (χ0) is 14.6. The number of alkyl halides is 3. The maximum absolute atomic E-state index is 12.5. The molecule has 0 saturated heterocycles. The molecule has 1 saturated carbocycles. The highest BCUT2D eigenvalue weighted by molar-refractivity contribution is 5.25. The summed E-state index contributed by atoms with van der Waals surface area (Å²) in [5, 5.41) is 12.3. The number of aliphatic hydroxyl groups is 1. The summed E-state index contributed by atoms with van der Waals surface area (Å²) >= 11 is 0. The van der Waals surface area contributed by atoms with E-state index in [9.17, 15) is 18.3 Å². The Morgan fingerprint density at radius 1 is 1.20 bits per heavy atom. The number of hydrogen-bond acceptors (Lipinski definition) is 2. The topological polar surface area (TPSA) is 32.3 Å². The molecular weight excluding hydrogens is 267 g/mol. The first-order chi connectivity index (χ1) is 9.47. The second-order valence-corrected chi connectivity index (χ2v) is 5.49. The van der Waals surface area contributed by atoms with Crippen LogP contribution in [0.15, 0.2) is 30.3 Å². The molecule has 1 aliphatic rings. The molecule has 0 heterocycles. The number of aliphatic hydroxyl groups excluding tert-OH is 1. The second-order valence-electron chi connectivity index (χ2n) is 5.49. The van der Waals surface area contributed by atoms with Gasteiger partial charge in [0.1, 0.15) is 0 Å². The summed E-state index contributed by atoms with van der Waals surface area (Å²) in [7, 11) is 0. The van der Waals surface area contributed by atoms with E-state index in [1.165, 1.54) is 0 Å². The molecule has 2 unspecified atom stereocenters. The standard InChI is InChI=1S/C15H20F3NO/c16-15(17,18)10-19-14(11-20)9-5-4-8-13(14)12-6-2-1-3-7-12/h1-3,6-7,13,19-20H,4-5,8-11H2. The number of halogens is 3. The summed E-state index contributed by atoms with van der Waals surface area (Å²) in [6, 6.07) is 9.51. The molecular formula is C15H20F3NO. The molecule has 1 aromatic rings. The van der Waals surface area contributed by atoms with Gasteiger partial charge >= 0.3 is 6.18 Å². The Morgan fingerprint density at radius 3 is 2.50 bits per heavy atom. The average Bonchev–Trinajstić information content (AvgIpc) is 2.45. The molecule has 0 aliphatic heterocycles. The van der Waals surface area contributed by atoms with Gasteiger partial charge in [-0.25, -0.2) is 0 Å². The molecule has 0 spiro atoms. The number of benzene rings is 1. The zero-order valence-electron chi connectivity index (χ0n) is 11.3. The normalized spacial score (nSPS) is 27.5. The Hall–Kier alpha value is -1.07. The summed E-state index contributed by atoms with van der Waals surface area (Å²) in [5.74, 6) is -0.0789. The van der Waals surface area contributed by atoms with E-state index in [-0.39, 0.29) is 12.5 Å². The van der Waals surface area contributed by atoms with Crippen LogP contribution in [0.25, 0.3) is 0 Å². The smallest absolute Gasteiger partial charge is 0.394 e. The Bertz CT molecular complexity index is 421. The van der Waals surface area contributed by atoms with Gasteiger partial charge in [0.05, 0.1) is 13.2 Å². The molecule has 0 amide bonds. The lowest BCUT2D eigenvalue weighted by Gasteiger charge is -2.44.